The van der Waals surface area contributed by atoms with Crippen LogP contribution in [0.1, 0.15) is 79.0 Å². The average Bonchev–Trinajstić information content (AvgIpc) is 3.31. The van der Waals surface area contributed by atoms with Crippen LogP contribution < -0.4 is 0 Å². The van der Waals surface area contributed by atoms with Crippen molar-refractivity contribution in [2.24, 2.45) is 11.3 Å². The molecular weight excluding hydrogens is 672 g/mol. The van der Waals surface area contributed by atoms with Crippen LogP contribution >= 0.6 is 0 Å². The smallest absolute Gasteiger partial charge is 0.338 e. The van der Waals surface area contributed by atoms with E-state index >= 15 is 0 Å². The van der Waals surface area contributed by atoms with E-state index in [1.54, 1.807) is 87.5 Å². The first-order chi connectivity index (χ1) is 24.5. The lowest BCUT2D eigenvalue weighted by Crippen LogP contribution is -2.83. The fourth-order valence-electron chi connectivity index (χ4n) is 8.75. The zero-order valence-corrected chi connectivity index (χ0v) is 29.8. The van der Waals surface area contributed by atoms with E-state index in [2.05, 4.69) is 0 Å². The van der Waals surface area contributed by atoms with Crippen molar-refractivity contribution in [2.75, 3.05) is 0 Å². The summed E-state index contributed by atoms with van der Waals surface area (Å²) in [6, 6.07) is 24.3. The number of hydrogen-bond donors (Lipinski definition) is 1. The first kappa shape index (κ1) is 36.7. The summed E-state index contributed by atoms with van der Waals surface area (Å²) in [5, 5.41) is 12.7. The van der Waals surface area contributed by atoms with Gasteiger partial charge in [-0.05, 0) is 64.1 Å². The highest BCUT2D eigenvalue weighted by Gasteiger charge is 2.87. The third kappa shape index (κ3) is 6.03. The lowest BCUT2D eigenvalue weighted by molar-refractivity contribution is -0.349. The molecule has 1 spiro atoms. The Morgan fingerprint density at radius 3 is 1.46 bits per heavy atom. The first-order valence-corrected chi connectivity index (χ1v) is 17.1. The van der Waals surface area contributed by atoms with Crippen molar-refractivity contribution in [1.29, 1.82) is 0 Å². The van der Waals surface area contributed by atoms with Gasteiger partial charge in [-0.1, -0.05) is 54.6 Å². The largest absolute Gasteiger partial charge is 0.459 e. The van der Waals surface area contributed by atoms with Gasteiger partial charge < -0.3 is 33.5 Å². The summed E-state index contributed by atoms with van der Waals surface area (Å²) >= 11 is 0. The Hall–Kier alpha value is -5.07. The molecule has 52 heavy (non-hydrogen) atoms. The van der Waals surface area contributed by atoms with Crippen molar-refractivity contribution in [3.63, 3.8) is 0 Å². The van der Waals surface area contributed by atoms with Crippen molar-refractivity contribution in [3.8, 4) is 0 Å². The number of fused-ring (bicyclic) bond motifs is 1. The first-order valence-electron chi connectivity index (χ1n) is 17.1. The fourth-order valence-corrected chi connectivity index (χ4v) is 8.75. The van der Waals surface area contributed by atoms with Crippen LogP contribution in [0.25, 0.3) is 0 Å². The Bertz CT molecular complexity index is 1840. The predicted molar refractivity (Wildman–Crippen MR) is 183 cm³/mol. The molecule has 3 aromatic rings. The maximum Gasteiger partial charge on any atom is 0.338 e. The molecule has 6 rings (SSSR count). The minimum Gasteiger partial charge on any atom is -0.459 e. The van der Waals surface area contributed by atoms with Gasteiger partial charge in [-0.15, -0.1) is 0 Å². The molecule has 1 saturated heterocycles. The fraction of sp³-hybridized carbons (Fsp3) is 0.425. The van der Waals surface area contributed by atoms with Gasteiger partial charge in [0, 0.05) is 20.3 Å². The lowest BCUT2D eigenvalue weighted by Gasteiger charge is -2.65. The van der Waals surface area contributed by atoms with Crippen molar-refractivity contribution >= 4 is 29.8 Å². The highest BCUT2D eigenvalue weighted by Crippen LogP contribution is 2.69. The molecule has 12 nitrogen and oxygen atoms in total. The third-order valence-corrected chi connectivity index (χ3v) is 10.7. The van der Waals surface area contributed by atoms with E-state index in [9.17, 15) is 29.1 Å². The number of aliphatic hydroxyl groups is 1. The van der Waals surface area contributed by atoms with Crippen LogP contribution in [0.3, 0.4) is 0 Å². The maximum atomic E-state index is 14.1. The minimum atomic E-state index is -2.02. The van der Waals surface area contributed by atoms with Crippen molar-refractivity contribution in [3.05, 3.63) is 108 Å². The van der Waals surface area contributed by atoms with Gasteiger partial charge in [0.15, 0.2) is 12.2 Å². The minimum absolute atomic E-state index is 0.153. The van der Waals surface area contributed by atoms with Gasteiger partial charge in [0.2, 0.25) is 0 Å². The number of rotatable bonds is 8. The molecule has 3 aliphatic rings. The lowest BCUT2D eigenvalue weighted by atomic mass is 9.46. The van der Waals surface area contributed by atoms with E-state index in [-0.39, 0.29) is 23.1 Å². The Morgan fingerprint density at radius 2 is 1.02 bits per heavy atom. The molecule has 9 unspecified atom stereocenters. The zero-order chi connectivity index (χ0) is 37.6. The molecule has 12 heteroatoms. The van der Waals surface area contributed by atoms with Crippen molar-refractivity contribution < 1.29 is 57.5 Å². The third-order valence-electron chi connectivity index (χ3n) is 10.7. The Labute approximate surface area is 301 Å². The van der Waals surface area contributed by atoms with Gasteiger partial charge >= 0.3 is 29.8 Å². The monoisotopic (exact) mass is 714 g/mol. The summed E-state index contributed by atoms with van der Waals surface area (Å²) in [6.45, 7) is 8.72. The Kier molecular flexibility index (Phi) is 9.52. The van der Waals surface area contributed by atoms with Crippen LogP contribution in [0.5, 0.6) is 0 Å². The topological polar surface area (TPSA) is 161 Å². The molecule has 1 N–H and O–H groups in total. The van der Waals surface area contributed by atoms with Gasteiger partial charge in [-0.2, -0.15) is 0 Å². The predicted octanol–water partition coefficient (Wildman–Crippen LogP) is 4.87. The number of esters is 5. The average molecular weight is 715 g/mol. The van der Waals surface area contributed by atoms with Gasteiger partial charge in [-0.3, -0.25) is 9.59 Å². The van der Waals surface area contributed by atoms with E-state index < -0.39 is 88.5 Å². The molecule has 9 atom stereocenters. The molecule has 2 bridgehead atoms. The Balaban J connectivity index is 1.63. The molecule has 0 aromatic heterocycles. The van der Waals surface area contributed by atoms with Gasteiger partial charge in [0.05, 0.1) is 39.2 Å². The van der Waals surface area contributed by atoms with Crippen molar-refractivity contribution in [2.45, 2.75) is 95.3 Å². The maximum absolute atomic E-state index is 14.1. The quantitative estimate of drug-likeness (QED) is 0.250. The molecule has 2 aliphatic carbocycles. The van der Waals surface area contributed by atoms with E-state index in [4.69, 9.17) is 28.4 Å². The van der Waals surface area contributed by atoms with Crippen LogP contribution in [-0.4, -0.2) is 82.3 Å². The molecule has 3 aromatic carbocycles. The summed E-state index contributed by atoms with van der Waals surface area (Å²) in [6.07, 6.45) is -7.60. The molecule has 0 radical (unpaired) electrons. The zero-order valence-electron chi connectivity index (χ0n) is 29.8. The van der Waals surface area contributed by atoms with Crippen LogP contribution in [-0.2, 0) is 38.0 Å². The second kappa shape index (κ2) is 13.5. The summed E-state index contributed by atoms with van der Waals surface area (Å²) in [5.74, 6) is -4.97. The molecule has 274 valence electrons. The molecule has 1 heterocycles. The van der Waals surface area contributed by atoms with Crippen molar-refractivity contribution in [1.82, 2.24) is 0 Å². The van der Waals surface area contributed by atoms with Crippen LogP contribution in [0.4, 0.5) is 0 Å². The number of carbonyl (C=O) groups excluding carboxylic acids is 5. The van der Waals surface area contributed by atoms with Gasteiger partial charge in [-0.25, -0.2) is 14.4 Å². The standard InChI is InChI=1S/C40H42O12/c1-23(41)47-28-22-38(5,46)40-32(48-24(2)42)29(37(3,4)52-40)30(49-34(43)25-16-10-7-11-17-25)33(51-36(45)27-20-14-9-15-21-27)39(40,6)31(28)50-35(44)26-18-12-8-13-19-26/h7-21,28-33,46H,22H2,1-6H3. The number of ether oxygens (including phenoxy) is 6. The molecule has 2 saturated carbocycles. The molecule has 0 amide bonds. The molecule has 1 aliphatic heterocycles. The summed E-state index contributed by atoms with van der Waals surface area (Å²) in [4.78, 5) is 67.7. The van der Waals surface area contributed by atoms with Gasteiger partial charge in [0.25, 0.3) is 0 Å². The molecular formula is C40H42O12. The van der Waals surface area contributed by atoms with E-state index in [1.807, 2.05) is 0 Å². The number of carbonyl (C=O) groups is 5. The summed E-state index contributed by atoms with van der Waals surface area (Å²) in [5.41, 5.74) is -6.86. The van der Waals surface area contributed by atoms with E-state index in [0.717, 1.165) is 0 Å². The highest BCUT2D eigenvalue weighted by atomic mass is 16.6. The number of benzene rings is 3. The van der Waals surface area contributed by atoms with E-state index in [0.29, 0.717) is 0 Å². The molecule has 3 fully saturated rings. The van der Waals surface area contributed by atoms with Gasteiger partial charge in [0.1, 0.15) is 23.9 Å². The van der Waals surface area contributed by atoms with Crippen LogP contribution in [0.15, 0.2) is 91.0 Å². The summed E-state index contributed by atoms with van der Waals surface area (Å²) in [7, 11) is 0. The van der Waals surface area contributed by atoms with Crippen LogP contribution in [0.2, 0.25) is 0 Å². The SMILES string of the molecule is CC(=O)OC1CC(C)(O)C23OC(C)(C)C(C(OC(=O)c4ccccc4)C(OC(=O)c4ccccc4)C2(C)C1OC(=O)c1ccccc1)C3OC(C)=O. The number of hydrogen-bond acceptors (Lipinski definition) is 12. The second-order valence-electron chi connectivity index (χ2n) is 14.5. The highest BCUT2D eigenvalue weighted by molar-refractivity contribution is 5.91. The summed E-state index contributed by atoms with van der Waals surface area (Å²) < 4.78 is 37.9. The van der Waals surface area contributed by atoms with Crippen LogP contribution in [0, 0.1) is 11.3 Å². The van der Waals surface area contributed by atoms with E-state index in [1.165, 1.54) is 45.0 Å². The normalized spacial score (nSPS) is 32.8. The second-order valence-corrected chi connectivity index (χ2v) is 14.5. The Morgan fingerprint density at radius 1 is 0.596 bits per heavy atom.